The fraction of sp³-hybridized carbons (Fsp3) is 0.118. The van der Waals surface area contributed by atoms with Crippen molar-refractivity contribution in [1.29, 1.82) is 0 Å². The topological polar surface area (TPSA) is 59.3 Å². The number of nitrogens with zero attached hydrogens (tertiary/aromatic N) is 3. The monoisotopic (exact) mass is 325 g/mol. The Balaban J connectivity index is 1.84. The van der Waals surface area contributed by atoms with Crippen molar-refractivity contribution in [3.8, 4) is 0 Å². The van der Waals surface area contributed by atoms with Crippen LogP contribution in [0, 0.1) is 10.1 Å². The van der Waals surface area contributed by atoms with Crippen molar-refractivity contribution < 1.29 is 4.92 Å². The number of rotatable bonds is 4. The summed E-state index contributed by atoms with van der Waals surface area (Å²) in [6, 6.07) is 12.9. The molecule has 0 N–H and O–H groups in total. The van der Waals surface area contributed by atoms with Gasteiger partial charge in [-0.15, -0.1) is 11.3 Å². The van der Waals surface area contributed by atoms with Crippen LogP contribution < -0.4 is 4.90 Å². The van der Waals surface area contributed by atoms with Gasteiger partial charge in [0, 0.05) is 31.9 Å². The maximum atomic E-state index is 10.8. The van der Waals surface area contributed by atoms with Gasteiger partial charge in [-0.1, -0.05) is 18.2 Å². The van der Waals surface area contributed by atoms with E-state index in [1.54, 1.807) is 12.1 Å². The molecule has 0 fully saturated rings. The number of thiazole rings is 1. The lowest BCUT2D eigenvalue weighted by molar-refractivity contribution is -0.384. The second-order valence-electron chi connectivity index (χ2n) is 5.28. The molecular weight excluding hydrogens is 310 g/mol. The van der Waals surface area contributed by atoms with Crippen LogP contribution in [0.3, 0.4) is 0 Å². The molecule has 1 heterocycles. The number of nitro groups is 1. The quantitative estimate of drug-likeness (QED) is 0.525. The lowest BCUT2D eigenvalue weighted by Gasteiger charge is -2.11. The summed E-state index contributed by atoms with van der Waals surface area (Å²) in [6.07, 6.45) is 3.92. The van der Waals surface area contributed by atoms with Crippen LogP contribution in [0.15, 0.2) is 42.5 Å². The number of non-ortho nitro benzene ring substituents is 1. The molecule has 0 saturated carbocycles. The van der Waals surface area contributed by atoms with E-state index in [4.69, 9.17) is 0 Å². The Kier molecular flexibility index (Phi) is 4.08. The molecular formula is C17H15N3O2S. The average molecular weight is 325 g/mol. The standard InChI is InChI=1S/C17H15N3O2S/c1-19(2)13-6-3-12(4-7-13)5-10-17-18-15-9-8-14(20(21)22)11-16(15)23-17/h3-11H,1-2H3. The highest BCUT2D eigenvalue weighted by molar-refractivity contribution is 7.19. The number of nitro benzene ring substituents is 1. The molecule has 6 heteroatoms. The van der Waals surface area contributed by atoms with Crippen LogP contribution in [0.2, 0.25) is 0 Å². The minimum atomic E-state index is -0.388. The third-order valence-corrected chi connectivity index (χ3v) is 4.41. The highest BCUT2D eigenvalue weighted by atomic mass is 32.1. The molecule has 0 amide bonds. The fourth-order valence-corrected chi connectivity index (χ4v) is 3.07. The minimum Gasteiger partial charge on any atom is -0.378 e. The van der Waals surface area contributed by atoms with Gasteiger partial charge in [0.2, 0.25) is 0 Å². The van der Waals surface area contributed by atoms with Crippen LogP contribution >= 0.6 is 11.3 Å². The number of benzene rings is 2. The van der Waals surface area contributed by atoms with Gasteiger partial charge >= 0.3 is 0 Å². The molecule has 0 aliphatic carbocycles. The zero-order chi connectivity index (χ0) is 16.4. The predicted molar refractivity (Wildman–Crippen MR) is 96.0 cm³/mol. The highest BCUT2D eigenvalue weighted by Gasteiger charge is 2.09. The first-order valence-corrected chi connectivity index (χ1v) is 7.85. The van der Waals surface area contributed by atoms with Gasteiger partial charge < -0.3 is 4.90 Å². The molecule has 5 nitrogen and oxygen atoms in total. The Morgan fingerprint density at radius 2 is 1.87 bits per heavy atom. The molecule has 0 aliphatic rings. The van der Waals surface area contributed by atoms with E-state index in [2.05, 4.69) is 17.1 Å². The van der Waals surface area contributed by atoms with E-state index in [0.29, 0.717) is 0 Å². The van der Waals surface area contributed by atoms with Crippen LogP contribution in [0.1, 0.15) is 10.6 Å². The van der Waals surface area contributed by atoms with E-state index in [0.717, 1.165) is 26.5 Å². The number of anilines is 1. The Morgan fingerprint density at radius 3 is 2.52 bits per heavy atom. The van der Waals surface area contributed by atoms with Gasteiger partial charge in [-0.3, -0.25) is 10.1 Å². The summed E-state index contributed by atoms with van der Waals surface area (Å²) in [5.74, 6) is 0. The largest absolute Gasteiger partial charge is 0.378 e. The smallest absolute Gasteiger partial charge is 0.270 e. The number of hydrogen-bond acceptors (Lipinski definition) is 5. The zero-order valence-electron chi connectivity index (χ0n) is 12.8. The van der Waals surface area contributed by atoms with Gasteiger partial charge in [0.1, 0.15) is 5.01 Å². The molecule has 1 aromatic heterocycles. The van der Waals surface area contributed by atoms with Crippen molar-refractivity contribution in [3.05, 3.63) is 63.1 Å². The van der Waals surface area contributed by atoms with E-state index in [1.807, 2.05) is 43.3 Å². The van der Waals surface area contributed by atoms with Gasteiger partial charge in [-0.2, -0.15) is 0 Å². The average Bonchev–Trinajstić information content (AvgIpc) is 2.95. The van der Waals surface area contributed by atoms with Crippen molar-refractivity contribution in [1.82, 2.24) is 4.98 Å². The molecule has 3 rings (SSSR count). The Labute approximate surface area is 137 Å². The van der Waals surface area contributed by atoms with Crippen molar-refractivity contribution in [2.75, 3.05) is 19.0 Å². The third kappa shape index (κ3) is 3.37. The van der Waals surface area contributed by atoms with Crippen LogP contribution in [0.4, 0.5) is 11.4 Å². The van der Waals surface area contributed by atoms with E-state index in [-0.39, 0.29) is 10.6 Å². The lowest BCUT2D eigenvalue weighted by atomic mass is 10.2. The van der Waals surface area contributed by atoms with Gasteiger partial charge in [0.15, 0.2) is 0 Å². The van der Waals surface area contributed by atoms with Crippen molar-refractivity contribution in [3.63, 3.8) is 0 Å². The van der Waals surface area contributed by atoms with Gasteiger partial charge in [0.05, 0.1) is 15.1 Å². The van der Waals surface area contributed by atoms with Crippen LogP contribution in [-0.2, 0) is 0 Å². The number of fused-ring (bicyclic) bond motifs is 1. The SMILES string of the molecule is CN(C)c1ccc(C=Cc2nc3ccc([N+](=O)[O-])cc3s2)cc1. The maximum absolute atomic E-state index is 10.8. The minimum absolute atomic E-state index is 0.0935. The molecule has 0 atom stereocenters. The van der Waals surface area contributed by atoms with Gasteiger partial charge in [-0.05, 0) is 29.8 Å². The van der Waals surface area contributed by atoms with Crippen molar-refractivity contribution in [2.45, 2.75) is 0 Å². The summed E-state index contributed by atoms with van der Waals surface area (Å²) in [6.45, 7) is 0. The van der Waals surface area contributed by atoms with E-state index < -0.39 is 0 Å². The molecule has 0 spiro atoms. The highest BCUT2D eigenvalue weighted by Crippen LogP contribution is 2.27. The fourth-order valence-electron chi connectivity index (χ4n) is 2.17. The lowest BCUT2D eigenvalue weighted by Crippen LogP contribution is -2.07. The first-order chi connectivity index (χ1) is 11.0. The molecule has 23 heavy (non-hydrogen) atoms. The van der Waals surface area contributed by atoms with E-state index in [1.165, 1.54) is 17.4 Å². The molecule has 0 radical (unpaired) electrons. The molecule has 3 aromatic rings. The third-order valence-electron chi connectivity index (χ3n) is 3.43. The van der Waals surface area contributed by atoms with Gasteiger partial charge in [-0.25, -0.2) is 4.98 Å². The predicted octanol–water partition coefficient (Wildman–Crippen LogP) is 4.44. The molecule has 0 aliphatic heterocycles. The first kappa shape index (κ1) is 15.2. The van der Waals surface area contributed by atoms with Crippen LogP contribution in [0.5, 0.6) is 0 Å². The van der Waals surface area contributed by atoms with E-state index in [9.17, 15) is 10.1 Å². The summed E-state index contributed by atoms with van der Waals surface area (Å²) in [7, 11) is 4.01. The van der Waals surface area contributed by atoms with Crippen molar-refractivity contribution in [2.24, 2.45) is 0 Å². The van der Waals surface area contributed by atoms with Crippen LogP contribution in [0.25, 0.3) is 22.4 Å². The Bertz CT molecular complexity index is 882. The summed E-state index contributed by atoms with van der Waals surface area (Å²) >= 11 is 1.45. The Morgan fingerprint density at radius 1 is 1.13 bits per heavy atom. The Hall–Kier alpha value is -2.73. The summed E-state index contributed by atoms with van der Waals surface area (Å²) in [5, 5.41) is 11.6. The zero-order valence-corrected chi connectivity index (χ0v) is 13.6. The van der Waals surface area contributed by atoms with Gasteiger partial charge in [0.25, 0.3) is 5.69 Å². The van der Waals surface area contributed by atoms with E-state index >= 15 is 0 Å². The second kappa shape index (κ2) is 6.18. The molecule has 2 aromatic carbocycles. The van der Waals surface area contributed by atoms with Crippen LogP contribution in [-0.4, -0.2) is 24.0 Å². The maximum Gasteiger partial charge on any atom is 0.270 e. The molecule has 0 saturated heterocycles. The molecule has 0 bridgehead atoms. The summed E-state index contributed by atoms with van der Waals surface area (Å²) in [5.41, 5.74) is 3.11. The number of hydrogen-bond donors (Lipinski definition) is 0. The van der Waals surface area contributed by atoms with Crippen molar-refractivity contribution >= 4 is 45.1 Å². The molecule has 116 valence electrons. The summed E-state index contributed by atoms with van der Waals surface area (Å²) < 4.78 is 0.821. The summed E-state index contributed by atoms with van der Waals surface area (Å²) in [4.78, 5) is 16.9. The normalized spacial score (nSPS) is 11.2. The first-order valence-electron chi connectivity index (χ1n) is 7.03. The number of aromatic nitrogens is 1. The second-order valence-corrected chi connectivity index (χ2v) is 6.34. The molecule has 0 unspecified atom stereocenters.